The van der Waals surface area contributed by atoms with Gasteiger partial charge in [0.2, 0.25) is 21.8 Å². The molecule has 0 aliphatic carbocycles. The van der Waals surface area contributed by atoms with Gasteiger partial charge in [0, 0.05) is 33.0 Å². The van der Waals surface area contributed by atoms with Crippen molar-refractivity contribution in [2.75, 3.05) is 24.2 Å². The first-order valence-electron chi connectivity index (χ1n) is 13.1. The van der Waals surface area contributed by atoms with E-state index in [1.54, 1.807) is 18.0 Å². The Balaban J connectivity index is 1.85. The molecule has 2 amide bonds. The Bertz CT molecular complexity index is 1390. The molecule has 0 aromatic heterocycles. The molecule has 3 rings (SSSR count). The van der Waals surface area contributed by atoms with Crippen molar-refractivity contribution in [3.63, 3.8) is 0 Å². The van der Waals surface area contributed by atoms with Crippen LogP contribution < -0.4 is 9.62 Å². The summed E-state index contributed by atoms with van der Waals surface area (Å²) in [6.45, 7) is 6.34. The summed E-state index contributed by atoms with van der Waals surface area (Å²) in [7, 11) is -1.98. The second-order valence-corrected chi connectivity index (χ2v) is 11.9. The molecule has 1 N–H and O–H groups in total. The number of carbonyl (C=O) groups excluding carboxylic acids is 2. The molecule has 3 aromatic carbocycles. The Labute approximate surface area is 232 Å². The first kappa shape index (κ1) is 29.9. The number of aryl methyl sites for hydroxylation is 3. The number of likely N-dealkylation sites (N-methyl/N-ethyl adjacent to an activating group) is 1. The van der Waals surface area contributed by atoms with E-state index in [4.69, 9.17) is 0 Å². The minimum atomic E-state index is -3.55. The number of carbonyl (C=O) groups is 2. The maximum Gasteiger partial charge on any atom is 0.242 e. The van der Waals surface area contributed by atoms with E-state index < -0.39 is 16.1 Å². The van der Waals surface area contributed by atoms with Crippen LogP contribution >= 0.6 is 0 Å². The van der Waals surface area contributed by atoms with Gasteiger partial charge in [-0.25, -0.2) is 8.42 Å². The SMILES string of the molecule is CNC(=O)[C@@H](Cc1ccccc1)N(Cc1cccc(C)c1)C(=O)CCCN(c1ccc(C)c(C)c1)S(C)(=O)=O. The summed E-state index contributed by atoms with van der Waals surface area (Å²) >= 11 is 0. The Kier molecular flexibility index (Phi) is 10.3. The fraction of sp³-hybridized carbons (Fsp3) is 0.355. The summed E-state index contributed by atoms with van der Waals surface area (Å²) in [6.07, 6.45) is 1.96. The second kappa shape index (κ2) is 13.4. The van der Waals surface area contributed by atoms with Crippen molar-refractivity contribution in [3.8, 4) is 0 Å². The monoisotopic (exact) mass is 549 g/mol. The van der Waals surface area contributed by atoms with Gasteiger partial charge in [0.1, 0.15) is 6.04 Å². The number of anilines is 1. The third-order valence-corrected chi connectivity index (χ3v) is 8.08. The summed E-state index contributed by atoms with van der Waals surface area (Å²) in [5, 5.41) is 2.72. The fourth-order valence-corrected chi connectivity index (χ4v) is 5.57. The van der Waals surface area contributed by atoms with Gasteiger partial charge >= 0.3 is 0 Å². The molecule has 0 unspecified atom stereocenters. The van der Waals surface area contributed by atoms with Crippen molar-refractivity contribution < 1.29 is 18.0 Å². The molecular formula is C31H39N3O4S. The van der Waals surface area contributed by atoms with Crippen molar-refractivity contribution >= 4 is 27.5 Å². The molecule has 0 saturated heterocycles. The molecule has 0 saturated carbocycles. The van der Waals surface area contributed by atoms with Crippen LogP contribution in [0.15, 0.2) is 72.8 Å². The number of rotatable bonds is 12. The zero-order chi connectivity index (χ0) is 28.6. The van der Waals surface area contributed by atoms with Gasteiger partial charge in [0.05, 0.1) is 11.9 Å². The van der Waals surface area contributed by atoms with Crippen LogP contribution in [0.5, 0.6) is 0 Å². The highest BCUT2D eigenvalue weighted by atomic mass is 32.2. The van der Waals surface area contributed by atoms with Gasteiger partial charge in [-0.15, -0.1) is 0 Å². The van der Waals surface area contributed by atoms with Crippen molar-refractivity contribution in [1.29, 1.82) is 0 Å². The summed E-state index contributed by atoms with van der Waals surface area (Å²) in [5.41, 5.74) is 5.60. The lowest BCUT2D eigenvalue weighted by Gasteiger charge is -2.31. The van der Waals surface area contributed by atoms with Gasteiger partial charge in [-0.3, -0.25) is 13.9 Å². The fourth-order valence-electron chi connectivity index (χ4n) is 4.61. The highest BCUT2D eigenvalue weighted by molar-refractivity contribution is 7.92. The van der Waals surface area contributed by atoms with Crippen molar-refractivity contribution in [3.05, 3.63) is 101 Å². The van der Waals surface area contributed by atoms with Crippen molar-refractivity contribution in [2.45, 2.75) is 52.6 Å². The molecule has 1 atom stereocenters. The topological polar surface area (TPSA) is 86.8 Å². The van der Waals surface area contributed by atoms with E-state index in [1.165, 1.54) is 10.6 Å². The van der Waals surface area contributed by atoms with Crippen LogP contribution in [-0.4, -0.2) is 51.0 Å². The standard InChI is InChI=1S/C31H39N3O4S/c1-23-11-9-14-27(19-23)22-33(29(31(36)32-4)21-26-12-7-6-8-13-26)30(35)15-10-18-34(39(5,37)38)28-17-16-24(2)25(3)20-28/h6-9,11-14,16-17,19-20,29H,10,15,18,21-22H2,1-5H3,(H,32,36)/t29-/m1/s1. The molecule has 208 valence electrons. The lowest BCUT2D eigenvalue weighted by molar-refractivity contribution is -0.141. The molecule has 3 aromatic rings. The number of sulfonamides is 1. The van der Waals surface area contributed by atoms with E-state index in [1.807, 2.05) is 87.5 Å². The number of hydrogen-bond acceptors (Lipinski definition) is 4. The predicted octanol–water partition coefficient (Wildman–Crippen LogP) is 4.54. The van der Waals surface area contributed by atoms with E-state index in [0.29, 0.717) is 18.5 Å². The van der Waals surface area contributed by atoms with Crippen LogP contribution in [-0.2, 0) is 32.6 Å². The average molecular weight is 550 g/mol. The van der Waals surface area contributed by atoms with Gasteiger partial charge in [-0.2, -0.15) is 0 Å². The van der Waals surface area contributed by atoms with Crippen LogP contribution in [0.1, 0.15) is 40.7 Å². The first-order chi connectivity index (χ1) is 18.5. The maximum atomic E-state index is 13.7. The third-order valence-electron chi connectivity index (χ3n) is 6.88. The van der Waals surface area contributed by atoms with Gasteiger partial charge in [-0.05, 0) is 61.6 Å². The molecule has 0 spiro atoms. The minimum absolute atomic E-state index is 0.102. The zero-order valence-corrected chi connectivity index (χ0v) is 24.3. The van der Waals surface area contributed by atoms with Gasteiger partial charge < -0.3 is 10.2 Å². The highest BCUT2D eigenvalue weighted by Crippen LogP contribution is 2.23. The highest BCUT2D eigenvalue weighted by Gasteiger charge is 2.30. The van der Waals surface area contributed by atoms with E-state index >= 15 is 0 Å². The lowest BCUT2D eigenvalue weighted by Crippen LogP contribution is -2.49. The van der Waals surface area contributed by atoms with Crippen LogP contribution in [0.3, 0.4) is 0 Å². The second-order valence-electron chi connectivity index (χ2n) is 10.0. The first-order valence-corrected chi connectivity index (χ1v) is 15.0. The minimum Gasteiger partial charge on any atom is -0.357 e. The maximum absolute atomic E-state index is 13.7. The Morgan fingerprint density at radius 2 is 1.56 bits per heavy atom. The van der Waals surface area contributed by atoms with E-state index in [-0.39, 0.29) is 31.3 Å². The summed E-state index contributed by atoms with van der Waals surface area (Å²) in [5.74, 6) is -0.442. The number of nitrogens with one attached hydrogen (secondary N) is 1. The molecule has 0 aliphatic rings. The molecule has 0 radical (unpaired) electrons. The van der Waals surface area contributed by atoms with E-state index in [9.17, 15) is 18.0 Å². The molecular weight excluding hydrogens is 510 g/mol. The van der Waals surface area contributed by atoms with Crippen molar-refractivity contribution in [2.24, 2.45) is 0 Å². The Morgan fingerprint density at radius 3 is 2.18 bits per heavy atom. The molecule has 8 heteroatoms. The summed E-state index contributed by atoms with van der Waals surface area (Å²) < 4.78 is 26.6. The zero-order valence-electron chi connectivity index (χ0n) is 23.5. The molecule has 0 bridgehead atoms. The van der Waals surface area contributed by atoms with Gasteiger partial charge in [-0.1, -0.05) is 66.2 Å². The Morgan fingerprint density at radius 1 is 0.872 bits per heavy atom. The van der Waals surface area contributed by atoms with Gasteiger partial charge in [0.15, 0.2) is 0 Å². The third kappa shape index (κ3) is 8.42. The van der Waals surface area contributed by atoms with Gasteiger partial charge in [0.25, 0.3) is 0 Å². The molecule has 7 nitrogen and oxygen atoms in total. The van der Waals surface area contributed by atoms with Crippen LogP contribution in [0, 0.1) is 20.8 Å². The smallest absolute Gasteiger partial charge is 0.242 e. The normalized spacial score (nSPS) is 12.0. The number of nitrogens with zero attached hydrogens (tertiary/aromatic N) is 2. The van der Waals surface area contributed by atoms with Crippen LogP contribution in [0.25, 0.3) is 0 Å². The average Bonchev–Trinajstić information content (AvgIpc) is 2.89. The lowest BCUT2D eigenvalue weighted by atomic mass is 10.0. The van der Waals surface area contributed by atoms with E-state index in [2.05, 4.69) is 5.32 Å². The number of hydrogen-bond donors (Lipinski definition) is 1. The predicted molar refractivity (Wildman–Crippen MR) is 157 cm³/mol. The summed E-state index contributed by atoms with van der Waals surface area (Å²) in [4.78, 5) is 28.4. The number of amides is 2. The quantitative estimate of drug-likeness (QED) is 0.359. The van der Waals surface area contributed by atoms with E-state index in [0.717, 1.165) is 27.8 Å². The van der Waals surface area contributed by atoms with Crippen LogP contribution in [0.4, 0.5) is 5.69 Å². The molecule has 0 aliphatic heterocycles. The summed E-state index contributed by atoms with van der Waals surface area (Å²) in [6, 6.07) is 22.3. The molecule has 0 heterocycles. The largest absolute Gasteiger partial charge is 0.357 e. The molecule has 0 fully saturated rings. The van der Waals surface area contributed by atoms with Crippen LogP contribution in [0.2, 0.25) is 0 Å². The Hall–Kier alpha value is -3.65. The van der Waals surface area contributed by atoms with Crippen molar-refractivity contribution in [1.82, 2.24) is 10.2 Å². The number of benzene rings is 3. The molecule has 39 heavy (non-hydrogen) atoms.